The highest BCUT2D eigenvalue weighted by Gasteiger charge is 2.27. The van der Waals surface area contributed by atoms with Crippen LogP contribution in [0.3, 0.4) is 0 Å². The molecule has 1 aliphatic rings. The molecule has 2 heterocycles. The third-order valence-corrected chi connectivity index (χ3v) is 4.57. The number of para-hydroxylation sites is 1. The molecule has 1 atom stereocenters. The minimum Gasteiger partial charge on any atom is -0.359 e. The zero-order valence-electron chi connectivity index (χ0n) is 12.7. The van der Waals surface area contributed by atoms with Crippen molar-refractivity contribution in [3.8, 4) is 11.4 Å². The Morgan fingerprint density at radius 2 is 1.96 bits per heavy atom. The first kappa shape index (κ1) is 14.3. The number of hydrogen-bond acceptors (Lipinski definition) is 4. The molecule has 0 N–H and O–H groups in total. The number of anilines is 1. The molecule has 0 unspecified atom stereocenters. The van der Waals surface area contributed by atoms with Crippen molar-refractivity contribution in [2.24, 2.45) is 0 Å². The van der Waals surface area contributed by atoms with E-state index in [0.717, 1.165) is 12.0 Å². The number of halogens is 1. The number of rotatable bonds is 3. The second-order valence-corrected chi connectivity index (χ2v) is 6.21. The van der Waals surface area contributed by atoms with E-state index < -0.39 is 0 Å². The van der Waals surface area contributed by atoms with Crippen LogP contribution in [0.5, 0.6) is 0 Å². The van der Waals surface area contributed by atoms with E-state index in [9.17, 15) is 0 Å². The topological polar surface area (TPSA) is 42.2 Å². The van der Waals surface area contributed by atoms with Crippen LogP contribution >= 0.6 is 11.6 Å². The summed E-state index contributed by atoms with van der Waals surface area (Å²) in [5, 5.41) is 4.70. The standard InChI is InChI=1S/C18H16ClN3O/c1-12-10-13-6-2-5-9-16(13)22(12)11-17-20-18(21-23-17)14-7-3-4-8-15(14)19/h2-9,12H,10-11H2,1H3/t12-/m1/s1. The predicted octanol–water partition coefficient (Wildman–Crippen LogP) is 4.34. The van der Waals surface area contributed by atoms with Gasteiger partial charge in [-0.2, -0.15) is 4.98 Å². The van der Waals surface area contributed by atoms with Crippen LogP contribution in [0.1, 0.15) is 18.4 Å². The zero-order valence-corrected chi connectivity index (χ0v) is 13.5. The maximum atomic E-state index is 6.20. The fourth-order valence-electron chi connectivity index (χ4n) is 3.09. The van der Waals surface area contributed by atoms with E-state index in [1.165, 1.54) is 11.3 Å². The maximum absolute atomic E-state index is 6.20. The van der Waals surface area contributed by atoms with Gasteiger partial charge in [0.25, 0.3) is 0 Å². The van der Waals surface area contributed by atoms with Crippen LogP contribution in [0.2, 0.25) is 5.02 Å². The second kappa shape index (κ2) is 5.70. The van der Waals surface area contributed by atoms with Crippen LogP contribution in [0.15, 0.2) is 53.1 Å². The van der Waals surface area contributed by atoms with Crippen molar-refractivity contribution >= 4 is 17.3 Å². The molecule has 5 heteroatoms. The summed E-state index contributed by atoms with van der Waals surface area (Å²) in [6, 6.07) is 16.4. The summed E-state index contributed by atoms with van der Waals surface area (Å²) in [6.07, 6.45) is 1.04. The Bertz CT molecular complexity index is 846. The quantitative estimate of drug-likeness (QED) is 0.718. The lowest BCUT2D eigenvalue weighted by Gasteiger charge is -2.22. The highest BCUT2D eigenvalue weighted by atomic mass is 35.5. The van der Waals surface area contributed by atoms with Gasteiger partial charge in [0.2, 0.25) is 11.7 Å². The van der Waals surface area contributed by atoms with Gasteiger partial charge in [-0.15, -0.1) is 0 Å². The summed E-state index contributed by atoms with van der Waals surface area (Å²) < 4.78 is 5.44. The molecule has 0 aliphatic carbocycles. The third-order valence-electron chi connectivity index (χ3n) is 4.24. The van der Waals surface area contributed by atoms with Crippen molar-refractivity contribution in [1.82, 2.24) is 10.1 Å². The molecule has 3 aromatic rings. The normalized spacial score (nSPS) is 16.6. The molecular weight excluding hydrogens is 310 g/mol. The average Bonchev–Trinajstić information content (AvgIpc) is 3.14. The fourth-order valence-corrected chi connectivity index (χ4v) is 3.31. The Balaban J connectivity index is 1.60. The molecule has 2 aromatic carbocycles. The van der Waals surface area contributed by atoms with Crippen LogP contribution in [-0.4, -0.2) is 16.2 Å². The summed E-state index contributed by atoms with van der Waals surface area (Å²) in [5.74, 6) is 1.13. The van der Waals surface area contributed by atoms with Gasteiger partial charge in [-0.1, -0.05) is 47.1 Å². The molecule has 0 bridgehead atoms. The average molecular weight is 326 g/mol. The van der Waals surface area contributed by atoms with Crippen molar-refractivity contribution in [1.29, 1.82) is 0 Å². The lowest BCUT2D eigenvalue weighted by Crippen LogP contribution is -2.28. The van der Waals surface area contributed by atoms with Crippen LogP contribution in [-0.2, 0) is 13.0 Å². The van der Waals surface area contributed by atoms with E-state index in [1.807, 2.05) is 24.3 Å². The first-order chi connectivity index (χ1) is 11.2. The largest absolute Gasteiger partial charge is 0.359 e. The van der Waals surface area contributed by atoms with E-state index in [1.54, 1.807) is 0 Å². The number of fused-ring (bicyclic) bond motifs is 1. The molecule has 1 aromatic heterocycles. The molecule has 116 valence electrons. The van der Waals surface area contributed by atoms with Gasteiger partial charge in [-0.05, 0) is 37.1 Å². The molecule has 0 amide bonds. The maximum Gasteiger partial charge on any atom is 0.246 e. The van der Waals surface area contributed by atoms with Crippen LogP contribution in [0, 0.1) is 0 Å². The van der Waals surface area contributed by atoms with E-state index in [0.29, 0.717) is 29.3 Å². The van der Waals surface area contributed by atoms with Crippen molar-refractivity contribution in [2.45, 2.75) is 25.9 Å². The number of benzene rings is 2. The smallest absolute Gasteiger partial charge is 0.246 e. The molecule has 4 rings (SSSR count). The molecule has 0 saturated carbocycles. The van der Waals surface area contributed by atoms with Gasteiger partial charge in [0, 0.05) is 17.3 Å². The van der Waals surface area contributed by atoms with Gasteiger partial charge in [-0.25, -0.2) is 0 Å². The monoisotopic (exact) mass is 325 g/mol. The van der Waals surface area contributed by atoms with Gasteiger partial charge < -0.3 is 9.42 Å². The Kier molecular flexibility index (Phi) is 3.54. The molecule has 0 radical (unpaired) electrons. The number of aromatic nitrogens is 2. The highest BCUT2D eigenvalue weighted by Crippen LogP contribution is 2.33. The Morgan fingerprint density at radius 1 is 1.17 bits per heavy atom. The van der Waals surface area contributed by atoms with E-state index in [2.05, 4.69) is 46.2 Å². The fraction of sp³-hybridized carbons (Fsp3) is 0.222. The van der Waals surface area contributed by atoms with Crippen molar-refractivity contribution in [3.63, 3.8) is 0 Å². The first-order valence-corrected chi connectivity index (χ1v) is 8.02. The summed E-state index contributed by atoms with van der Waals surface area (Å²) in [7, 11) is 0. The Labute approximate surface area is 139 Å². The molecule has 4 nitrogen and oxygen atoms in total. The molecule has 23 heavy (non-hydrogen) atoms. The summed E-state index contributed by atoms with van der Waals surface area (Å²) in [5.41, 5.74) is 3.40. The lowest BCUT2D eigenvalue weighted by molar-refractivity contribution is 0.374. The molecule has 0 fully saturated rings. The molecular formula is C18H16ClN3O. The molecule has 1 aliphatic heterocycles. The van der Waals surface area contributed by atoms with E-state index in [-0.39, 0.29) is 0 Å². The van der Waals surface area contributed by atoms with Gasteiger partial charge in [0.05, 0.1) is 11.6 Å². The van der Waals surface area contributed by atoms with Crippen molar-refractivity contribution in [3.05, 3.63) is 65.0 Å². The third kappa shape index (κ3) is 2.59. The van der Waals surface area contributed by atoms with Crippen LogP contribution in [0.25, 0.3) is 11.4 Å². The first-order valence-electron chi connectivity index (χ1n) is 7.64. The second-order valence-electron chi connectivity index (χ2n) is 5.80. The summed E-state index contributed by atoms with van der Waals surface area (Å²) in [6.45, 7) is 2.82. The van der Waals surface area contributed by atoms with E-state index in [4.69, 9.17) is 16.1 Å². The molecule has 0 saturated heterocycles. The SMILES string of the molecule is C[C@@H]1Cc2ccccc2N1Cc1nc(-c2ccccc2Cl)no1. The summed E-state index contributed by atoms with van der Waals surface area (Å²) >= 11 is 6.20. The van der Waals surface area contributed by atoms with Gasteiger partial charge >= 0.3 is 0 Å². The number of nitrogens with zero attached hydrogens (tertiary/aromatic N) is 3. The number of hydrogen-bond donors (Lipinski definition) is 0. The highest BCUT2D eigenvalue weighted by molar-refractivity contribution is 6.33. The van der Waals surface area contributed by atoms with Crippen molar-refractivity contribution < 1.29 is 4.52 Å². The molecule has 0 spiro atoms. The zero-order chi connectivity index (χ0) is 15.8. The van der Waals surface area contributed by atoms with E-state index >= 15 is 0 Å². The summed E-state index contributed by atoms with van der Waals surface area (Å²) in [4.78, 5) is 6.81. The van der Waals surface area contributed by atoms with Gasteiger partial charge in [-0.3, -0.25) is 0 Å². The minimum atomic E-state index is 0.420. The predicted molar refractivity (Wildman–Crippen MR) is 90.5 cm³/mol. The van der Waals surface area contributed by atoms with Crippen LogP contribution < -0.4 is 4.90 Å². The lowest BCUT2D eigenvalue weighted by atomic mass is 10.1. The van der Waals surface area contributed by atoms with Gasteiger partial charge in [0.1, 0.15) is 0 Å². The Hall–Kier alpha value is -2.33. The Morgan fingerprint density at radius 3 is 2.83 bits per heavy atom. The van der Waals surface area contributed by atoms with Gasteiger partial charge in [0.15, 0.2) is 0 Å². The van der Waals surface area contributed by atoms with Crippen LogP contribution in [0.4, 0.5) is 5.69 Å². The van der Waals surface area contributed by atoms with Crippen molar-refractivity contribution in [2.75, 3.05) is 4.90 Å². The minimum absolute atomic E-state index is 0.420.